The number of phenols is 1. The summed E-state index contributed by atoms with van der Waals surface area (Å²) in [6.07, 6.45) is -2.78. The summed E-state index contributed by atoms with van der Waals surface area (Å²) in [4.78, 5) is 104. The van der Waals surface area contributed by atoms with Crippen molar-refractivity contribution in [2.24, 2.45) is 11.7 Å². The summed E-state index contributed by atoms with van der Waals surface area (Å²) in [7, 11) is 0. The zero-order valence-electron chi connectivity index (χ0n) is 36.5. The van der Waals surface area contributed by atoms with Crippen LogP contribution in [0.15, 0.2) is 78.9 Å². The lowest BCUT2D eigenvalue weighted by molar-refractivity contribution is -0.142. The van der Waals surface area contributed by atoms with Crippen LogP contribution in [0, 0.1) is 5.92 Å². The van der Waals surface area contributed by atoms with Crippen LogP contribution in [0.25, 0.3) is 11.1 Å². The van der Waals surface area contributed by atoms with Crippen LogP contribution in [0.2, 0.25) is 0 Å². The maximum atomic E-state index is 13.9. The zero-order chi connectivity index (χ0) is 48.4. The molecule has 0 heterocycles. The monoisotopic (exact) mass is 905 g/mol. The van der Waals surface area contributed by atoms with Gasteiger partial charge in [-0.25, -0.2) is 4.79 Å². The summed E-state index contributed by atoms with van der Waals surface area (Å²) < 4.78 is 0. The number of nitrogens with two attached hydrogens (primary N) is 1. The van der Waals surface area contributed by atoms with E-state index in [1.165, 1.54) is 38.1 Å². The van der Waals surface area contributed by atoms with E-state index in [4.69, 9.17) is 5.73 Å². The average molecular weight is 906 g/mol. The van der Waals surface area contributed by atoms with Gasteiger partial charge in [0.15, 0.2) is 0 Å². The highest BCUT2D eigenvalue weighted by molar-refractivity contribution is 5.97. The van der Waals surface area contributed by atoms with Gasteiger partial charge in [-0.1, -0.05) is 80.6 Å². The number of carboxylic acids is 2. The number of aromatic hydroxyl groups is 1. The number of hydrogen-bond donors (Lipinski definition) is 12. The summed E-state index contributed by atoms with van der Waals surface area (Å²) in [6.45, 7) is 4.92. The Balaban J connectivity index is 1.75. The van der Waals surface area contributed by atoms with Crippen molar-refractivity contribution in [1.82, 2.24) is 31.9 Å². The highest BCUT2D eigenvalue weighted by Crippen LogP contribution is 2.20. The summed E-state index contributed by atoms with van der Waals surface area (Å²) in [5.41, 5.74) is 9.20. The number of benzene rings is 3. The lowest BCUT2D eigenvalue weighted by Gasteiger charge is -2.27. The summed E-state index contributed by atoms with van der Waals surface area (Å²) >= 11 is 0. The van der Waals surface area contributed by atoms with Crippen LogP contribution in [0.1, 0.15) is 58.1 Å². The standard InChI is InChI=1S/C45H59N7O13/c1-24(2)20-35(45(64)65)50-39(58)25(3)47-41(60)33(18-19-37(56)57)48-42(61)34(22-28-12-16-31(55)17-13-28)49-43(62)36(23-53)51-44(63)38(26(4)54)52-40(59)32(46)21-27-10-14-30(15-11-27)29-8-6-5-7-9-29/h5-17,24-26,32-36,38,53-55H,18-23,46H2,1-4H3,(H,47,60)(H,48,61)(H,49,62)(H,50,58)(H,51,63)(H,52,59)(H,56,57)(H,64,65)/t25-,26+,32-,33-,34-,35-,36-,38-/m0/s1. The average Bonchev–Trinajstić information content (AvgIpc) is 3.25. The van der Waals surface area contributed by atoms with Gasteiger partial charge >= 0.3 is 11.9 Å². The van der Waals surface area contributed by atoms with Crippen LogP contribution in [0.5, 0.6) is 5.75 Å². The largest absolute Gasteiger partial charge is 0.508 e. The molecule has 0 spiro atoms. The first-order valence-electron chi connectivity index (χ1n) is 20.9. The van der Waals surface area contributed by atoms with E-state index in [9.17, 15) is 63.9 Å². The molecule has 352 valence electrons. The van der Waals surface area contributed by atoms with E-state index in [0.717, 1.165) is 11.1 Å². The zero-order valence-corrected chi connectivity index (χ0v) is 36.5. The molecule has 0 fully saturated rings. The molecule has 6 amide bonds. The molecule has 0 unspecified atom stereocenters. The van der Waals surface area contributed by atoms with Gasteiger partial charge in [0.1, 0.15) is 42.0 Å². The molecule has 0 radical (unpaired) electrons. The van der Waals surface area contributed by atoms with Crippen LogP contribution in [-0.2, 0) is 51.2 Å². The van der Waals surface area contributed by atoms with Gasteiger partial charge in [0.05, 0.1) is 18.8 Å². The molecule has 20 heteroatoms. The lowest BCUT2D eigenvalue weighted by Crippen LogP contribution is -2.62. The first-order valence-corrected chi connectivity index (χ1v) is 20.9. The highest BCUT2D eigenvalue weighted by atomic mass is 16.4. The fourth-order valence-corrected chi connectivity index (χ4v) is 6.46. The third kappa shape index (κ3) is 17.3. The second kappa shape index (κ2) is 25.4. The van der Waals surface area contributed by atoms with Crippen molar-refractivity contribution in [1.29, 1.82) is 0 Å². The van der Waals surface area contributed by atoms with Crippen molar-refractivity contribution in [3.05, 3.63) is 90.0 Å². The van der Waals surface area contributed by atoms with Gasteiger partial charge in [-0.05, 0) is 73.4 Å². The van der Waals surface area contributed by atoms with Gasteiger partial charge in [-0.15, -0.1) is 0 Å². The van der Waals surface area contributed by atoms with Crippen LogP contribution in [0.3, 0.4) is 0 Å². The van der Waals surface area contributed by atoms with Crippen molar-refractivity contribution in [3.8, 4) is 16.9 Å². The second-order valence-corrected chi connectivity index (χ2v) is 16.0. The van der Waals surface area contributed by atoms with E-state index in [-0.39, 0.29) is 30.9 Å². The molecular weight excluding hydrogens is 847 g/mol. The number of aliphatic hydroxyl groups excluding tert-OH is 2. The van der Waals surface area contributed by atoms with Gasteiger partial charge in [-0.2, -0.15) is 0 Å². The van der Waals surface area contributed by atoms with E-state index >= 15 is 0 Å². The molecule has 0 saturated carbocycles. The number of aliphatic hydroxyl groups is 2. The van der Waals surface area contributed by atoms with Crippen molar-refractivity contribution >= 4 is 47.4 Å². The molecule has 8 atom stereocenters. The molecule has 3 aromatic carbocycles. The molecule has 0 aliphatic carbocycles. The number of amides is 6. The number of nitrogens with one attached hydrogen (secondary N) is 6. The van der Waals surface area contributed by atoms with E-state index in [1.807, 2.05) is 42.5 Å². The normalized spacial score (nSPS) is 14.8. The minimum absolute atomic E-state index is 0.0695. The molecule has 65 heavy (non-hydrogen) atoms. The topological polar surface area (TPSA) is 336 Å². The summed E-state index contributed by atoms with van der Waals surface area (Å²) in [5, 5.41) is 63.5. The third-order valence-electron chi connectivity index (χ3n) is 10.1. The Hall–Kier alpha value is -6.90. The Bertz CT molecular complexity index is 2100. The summed E-state index contributed by atoms with van der Waals surface area (Å²) in [5.74, 6) is -8.81. The molecule has 0 saturated heterocycles. The lowest BCUT2D eigenvalue weighted by atomic mass is 10.0. The van der Waals surface area contributed by atoms with Crippen molar-refractivity contribution in [2.45, 2.75) is 108 Å². The van der Waals surface area contributed by atoms with Crippen molar-refractivity contribution in [3.63, 3.8) is 0 Å². The van der Waals surface area contributed by atoms with Crippen molar-refractivity contribution in [2.75, 3.05) is 6.61 Å². The number of carbonyl (C=O) groups excluding carboxylic acids is 6. The third-order valence-corrected chi connectivity index (χ3v) is 10.1. The van der Waals surface area contributed by atoms with Crippen molar-refractivity contribution < 1.29 is 63.9 Å². The smallest absolute Gasteiger partial charge is 0.326 e. The van der Waals surface area contributed by atoms with Gasteiger partial charge in [0.2, 0.25) is 35.4 Å². The fourth-order valence-electron chi connectivity index (χ4n) is 6.46. The Morgan fingerprint density at radius 3 is 1.63 bits per heavy atom. The van der Waals surface area contributed by atoms with Crippen LogP contribution < -0.4 is 37.6 Å². The number of aliphatic carboxylic acids is 2. The minimum atomic E-state index is -1.77. The van der Waals surface area contributed by atoms with E-state index in [0.29, 0.717) is 11.1 Å². The molecule has 3 aromatic rings. The SMILES string of the molecule is CC(C)C[C@H](NC(=O)[C@H](C)NC(=O)[C@H](CCC(=O)O)NC(=O)[C@H](Cc1ccc(O)cc1)NC(=O)[C@H](CO)NC(=O)[C@@H](NC(=O)[C@@H](N)Cc1ccc(-c2ccccc2)cc1)[C@@H](C)O)C(=O)O. The number of carbonyl (C=O) groups is 8. The number of hydrogen-bond acceptors (Lipinski definition) is 12. The van der Waals surface area contributed by atoms with Gasteiger partial charge in [0.25, 0.3) is 0 Å². The highest BCUT2D eigenvalue weighted by Gasteiger charge is 2.34. The molecule has 0 aliphatic rings. The van der Waals surface area contributed by atoms with Gasteiger partial charge in [-0.3, -0.25) is 33.6 Å². The molecule has 0 aliphatic heterocycles. The quantitative estimate of drug-likeness (QED) is 0.0509. The Morgan fingerprint density at radius 1 is 0.569 bits per heavy atom. The number of rotatable bonds is 25. The Kier molecular flexibility index (Phi) is 20.5. The van der Waals surface area contributed by atoms with Crippen LogP contribution in [0.4, 0.5) is 0 Å². The molecule has 20 nitrogen and oxygen atoms in total. The maximum absolute atomic E-state index is 13.9. The molecule has 3 rings (SSSR count). The van der Waals surface area contributed by atoms with Crippen LogP contribution in [-0.4, -0.2) is 128 Å². The number of phenolic OH excluding ortho intramolecular Hbond substituents is 1. The van der Waals surface area contributed by atoms with E-state index in [2.05, 4.69) is 31.9 Å². The Labute approximate surface area is 375 Å². The molecule has 0 bridgehead atoms. The first kappa shape index (κ1) is 52.4. The van der Waals surface area contributed by atoms with Gasteiger partial charge < -0.3 is 63.2 Å². The molecular formula is C45H59N7O13. The first-order chi connectivity index (χ1) is 30.7. The predicted molar refractivity (Wildman–Crippen MR) is 235 cm³/mol. The van der Waals surface area contributed by atoms with Crippen LogP contribution >= 0.6 is 0 Å². The predicted octanol–water partition coefficient (Wildman–Crippen LogP) is -0.531. The number of carboxylic acid groups (broad SMARTS) is 2. The maximum Gasteiger partial charge on any atom is 0.326 e. The molecule has 0 aromatic heterocycles. The fraction of sp³-hybridized carbons (Fsp3) is 0.422. The van der Waals surface area contributed by atoms with E-state index in [1.54, 1.807) is 26.0 Å². The van der Waals surface area contributed by atoms with E-state index < -0.39 is 115 Å². The Morgan fingerprint density at radius 2 is 1.08 bits per heavy atom. The minimum Gasteiger partial charge on any atom is -0.508 e. The summed E-state index contributed by atoms with van der Waals surface area (Å²) in [6, 6.07) is 12.0. The second-order valence-electron chi connectivity index (χ2n) is 16.0. The molecule has 13 N–H and O–H groups in total. The van der Waals surface area contributed by atoms with Gasteiger partial charge in [0, 0.05) is 12.8 Å².